The summed E-state index contributed by atoms with van der Waals surface area (Å²) < 4.78 is 75.3. The molecule has 1 atom stereocenters. The summed E-state index contributed by atoms with van der Waals surface area (Å²) in [6.07, 6.45) is 3.40. The molecule has 0 radical (unpaired) electrons. The van der Waals surface area contributed by atoms with E-state index in [4.69, 9.17) is 16.1 Å². The van der Waals surface area contributed by atoms with Crippen molar-refractivity contribution < 1.29 is 31.1 Å². The van der Waals surface area contributed by atoms with Gasteiger partial charge in [-0.2, -0.15) is 13.2 Å². The lowest BCUT2D eigenvalue weighted by atomic mass is 9.97. The third-order valence-electron chi connectivity index (χ3n) is 8.04. The van der Waals surface area contributed by atoms with Gasteiger partial charge in [0.25, 0.3) is 15.9 Å². The van der Waals surface area contributed by atoms with Gasteiger partial charge in [-0.3, -0.25) is 4.79 Å². The third-order valence-corrected chi connectivity index (χ3v) is 9.53. The van der Waals surface area contributed by atoms with Crippen molar-refractivity contribution in [3.63, 3.8) is 0 Å². The Morgan fingerprint density at radius 3 is 2.51 bits per heavy atom. The fraction of sp³-hybridized carbons (Fsp3) is 0.433. The van der Waals surface area contributed by atoms with E-state index < -0.39 is 39.7 Å². The number of terminal acetylenes is 1. The number of carbonyl (C=O) groups is 1. The van der Waals surface area contributed by atoms with Crippen LogP contribution in [0.3, 0.4) is 0 Å². The first kappa shape index (κ1) is 30.4. The van der Waals surface area contributed by atoms with E-state index in [1.807, 2.05) is 18.7 Å². The van der Waals surface area contributed by atoms with Crippen LogP contribution in [-0.2, 0) is 10.0 Å². The largest absolute Gasteiger partial charge is 0.476 e. The van der Waals surface area contributed by atoms with Crippen LogP contribution in [0, 0.1) is 30.6 Å². The maximum absolute atomic E-state index is 13.5. The Kier molecular flexibility index (Phi) is 7.49. The lowest BCUT2D eigenvalue weighted by Crippen LogP contribution is -2.41. The van der Waals surface area contributed by atoms with E-state index in [-0.39, 0.29) is 46.7 Å². The summed E-state index contributed by atoms with van der Waals surface area (Å²) in [6.45, 7) is 7.72. The summed E-state index contributed by atoms with van der Waals surface area (Å²) >= 11 is 0. The number of benzene rings is 1. The molecule has 5 rings (SSSR count). The minimum atomic E-state index is -4.35. The Hall–Kier alpha value is -4.05. The molecular formula is C30H32F3N5O4S. The first-order chi connectivity index (χ1) is 20.0. The molecule has 0 unspecified atom stereocenters. The number of aromatic nitrogens is 3. The van der Waals surface area contributed by atoms with Gasteiger partial charge in [0, 0.05) is 29.9 Å². The van der Waals surface area contributed by atoms with Gasteiger partial charge in [-0.15, -0.1) is 11.5 Å². The van der Waals surface area contributed by atoms with Crippen LogP contribution < -0.4 is 14.4 Å². The van der Waals surface area contributed by atoms with Crippen molar-refractivity contribution in [2.75, 3.05) is 18.1 Å². The molecule has 2 fully saturated rings. The number of aryl methyl sites for hydroxylation is 1. The van der Waals surface area contributed by atoms with Crippen molar-refractivity contribution in [3.05, 3.63) is 59.3 Å². The van der Waals surface area contributed by atoms with Crippen molar-refractivity contribution in [3.8, 4) is 24.0 Å². The number of ether oxygens (including phenoxy) is 1. The van der Waals surface area contributed by atoms with Crippen LogP contribution in [0.5, 0.6) is 5.88 Å². The van der Waals surface area contributed by atoms with Gasteiger partial charge in [-0.25, -0.2) is 22.8 Å². The fourth-order valence-electron chi connectivity index (χ4n) is 5.57. The molecule has 1 saturated heterocycles. The van der Waals surface area contributed by atoms with E-state index in [2.05, 4.69) is 22.7 Å². The second-order valence-electron chi connectivity index (χ2n) is 12.0. The average molecular weight is 616 g/mol. The van der Waals surface area contributed by atoms with Crippen LogP contribution in [0.1, 0.15) is 61.5 Å². The summed E-state index contributed by atoms with van der Waals surface area (Å²) in [5, 5.41) is 4.25. The van der Waals surface area contributed by atoms with Crippen LogP contribution in [0.2, 0.25) is 0 Å². The predicted octanol–water partition coefficient (Wildman–Crippen LogP) is 5.02. The highest BCUT2D eigenvalue weighted by molar-refractivity contribution is 7.90. The normalized spacial score (nSPS) is 19.1. The van der Waals surface area contributed by atoms with Crippen LogP contribution >= 0.6 is 0 Å². The van der Waals surface area contributed by atoms with Crippen molar-refractivity contribution >= 4 is 21.7 Å². The number of halogens is 3. The van der Waals surface area contributed by atoms with Gasteiger partial charge < -0.3 is 9.64 Å². The van der Waals surface area contributed by atoms with Crippen molar-refractivity contribution in [2.45, 2.75) is 63.6 Å². The minimum absolute atomic E-state index is 0.00753. The lowest BCUT2D eigenvalue weighted by Gasteiger charge is -2.34. The Balaban J connectivity index is 1.45. The van der Waals surface area contributed by atoms with Gasteiger partial charge in [-0.1, -0.05) is 12.8 Å². The van der Waals surface area contributed by atoms with E-state index in [0.717, 1.165) is 6.42 Å². The summed E-state index contributed by atoms with van der Waals surface area (Å²) in [7, 11) is -4.25. The summed E-state index contributed by atoms with van der Waals surface area (Å²) in [6, 6.07) is 8.77. The fourth-order valence-corrected chi connectivity index (χ4v) is 6.76. The maximum atomic E-state index is 13.5. The number of rotatable bonds is 8. The number of alkyl halides is 3. The van der Waals surface area contributed by atoms with Gasteiger partial charge in [0.2, 0.25) is 5.88 Å². The van der Waals surface area contributed by atoms with Crippen molar-refractivity contribution in [2.24, 2.45) is 11.3 Å². The molecule has 1 aliphatic carbocycles. The average Bonchev–Trinajstić information content (AvgIpc) is 3.49. The number of anilines is 1. The van der Waals surface area contributed by atoms with Crippen LogP contribution in [0.4, 0.5) is 19.0 Å². The van der Waals surface area contributed by atoms with Gasteiger partial charge in [0.1, 0.15) is 17.8 Å². The van der Waals surface area contributed by atoms with E-state index in [9.17, 15) is 26.4 Å². The maximum Gasteiger partial charge on any atom is 0.397 e. The predicted molar refractivity (Wildman–Crippen MR) is 154 cm³/mol. The van der Waals surface area contributed by atoms with Crippen LogP contribution in [-0.4, -0.2) is 54.0 Å². The van der Waals surface area contributed by atoms with E-state index in [1.165, 1.54) is 41.2 Å². The highest BCUT2D eigenvalue weighted by atomic mass is 32.2. The molecule has 1 amide bonds. The zero-order valence-corrected chi connectivity index (χ0v) is 25.0. The topological polar surface area (TPSA) is 106 Å². The Morgan fingerprint density at radius 2 is 1.93 bits per heavy atom. The molecule has 2 aliphatic rings. The molecule has 1 saturated carbocycles. The Labute approximate surface area is 248 Å². The number of hydrogen-bond acceptors (Lipinski definition) is 7. The SMILES string of the molecule is C#Cc1ccc(S(=O)(=O)NC(=O)c2ccc(-n3ccc(OCC4(C(F)(F)F)CC4)n3)nc2N2C[C@@H](C)CC2(C)C)c(C)c1. The standard InChI is InChI=1S/C30H32F3N5O4S/c1-6-21-7-9-23(20(3)15-21)43(40,41)36-27(39)22-8-10-24(34-26(22)37-17-19(2)16-28(37,4)5)38-14-11-25(35-38)42-18-29(12-13-29)30(31,32)33/h1,7-11,14-15,19H,12-13,16-18H2,2-5H3,(H,36,39)/t19-/m0/s1. The van der Waals surface area contributed by atoms with Crippen LogP contribution in [0.25, 0.3) is 5.82 Å². The smallest absolute Gasteiger partial charge is 0.397 e. The molecule has 9 nitrogen and oxygen atoms in total. The second-order valence-corrected chi connectivity index (χ2v) is 13.6. The second kappa shape index (κ2) is 10.6. The Bertz CT molecular complexity index is 1720. The number of nitrogens with zero attached hydrogens (tertiary/aromatic N) is 4. The van der Waals surface area contributed by atoms with E-state index in [0.29, 0.717) is 17.7 Å². The molecule has 2 aromatic heterocycles. The summed E-state index contributed by atoms with van der Waals surface area (Å²) in [4.78, 5) is 20.1. The lowest BCUT2D eigenvalue weighted by molar-refractivity contribution is -0.194. The monoisotopic (exact) mass is 615 g/mol. The van der Waals surface area contributed by atoms with E-state index >= 15 is 0 Å². The molecule has 13 heteroatoms. The quantitative estimate of drug-likeness (QED) is 0.355. The number of hydrogen-bond donors (Lipinski definition) is 1. The zero-order chi connectivity index (χ0) is 31.4. The molecule has 0 bridgehead atoms. The first-order valence-corrected chi connectivity index (χ1v) is 15.2. The van der Waals surface area contributed by atoms with Crippen molar-refractivity contribution in [1.82, 2.24) is 19.5 Å². The molecule has 1 N–H and O–H groups in total. The highest BCUT2D eigenvalue weighted by Gasteiger charge is 2.64. The molecule has 3 aromatic rings. The van der Waals surface area contributed by atoms with Crippen LogP contribution in [0.15, 0.2) is 47.5 Å². The summed E-state index contributed by atoms with van der Waals surface area (Å²) in [5.41, 5.74) is -1.31. The summed E-state index contributed by atoms with van der Waals surface area (Å²) in [5.74, 6) is 2.39. The zero-order valence-electron chi connectivity index (χ0n) is 24.2. The molecule has 228 valence electrons. The Morgan fingerprint density at radius 1 is 1.21 bits per heavy atom. The molecular weight excluding hydrogens is 583 g/mol. The van der Waals surface area contributed by atoms with Gasteiger partial charge in [-0.05, 0) is 81.8 Å². The number of amides is 1. The van der Waals surface area contributed by atoms with E-state index in [1.54, 1.807) is 13.0 Å². The molecule has 43 heavy (non-hydrogen) atoms. The van der Waals surface area contributed by atoms with Gasteiger partial charge >= 0.3 is 6.18 Å². The molecule has 1 aliphatic heterocycles. The third kappa shape index (κ3) is 5.93. The number of pyridine rings is 1. The van der Waals surface area contributed by atoms with Crippen molar-refractivity contribution in [1.29, 1.82) is 0 Å². The first-order valence-electron chi connectivity index (χ1n) is 13.7. The minimum Gasteiger partial charge on any atom is -0.476 e. The number of carbonyl (C=O) groups excluding carboxylic acids is 1. The van der Waals surface area contributed by atoms with Gasteiger partial charge in [0.05, 0.1) is 10.5 Å². The molecule has 1 aromatic carbocycles. The number of sulfonamides is 1. The molecule has 3 heterocycles. The highest BCUT2D eigenvalue weighted by Crippen LogP contribution is 2.57. The number of nitrogens with one attached hydrogen (secondary N) is 1. The molecule has 0 spiro atoms. The van der Waals surface area contributed by atoms with Gasteiger partial charge in [0.15, 0.2) is 5.82 Å².